The first-order valence-electron chi connectivity index (χ1n) is 9.53. The SMILES string of the molecule is CCN(CC)c1ccc(CCC(=O)N(C)C2CCN(C)CC2)cc1N. The molecule has 1 heterocycles. The lowest BCUT2D eigenvalue weighted by molar-refractivity contribution is -0.132. The summed E-state index contributed by atoms with van der Waals surface area (Å²) in [7, 11) is 4.10. The maximum absolute atomic E-state index is 12.5. The minimum atomic E-state index is 0.237. The van der Waals surface area contributed by atoms with Gasteiger partial charge in [0.1, 0.15) is 0 Å². The van der Waals surface area contributed by atoms with Crippen LogP contribution in [0.1, 0.15) is 38.7 Å². The molecular formula is C20H34N4O. The molecule has 0 saturated carbocycles. The molecule has 2 N–H and O–H groups in total. The summed E-state index contributed by atoms with van der Waals surface area (Å²) in [6.45, 7) is 8.31. The molecule has 1 aliphatic rings. The van der Waals surface area contributed by atoms with Gasteiger partial charge >= 0.3 is 0 Å². The third-order valence-corrected chi connectivity index (χ3v) is 5.45. The molecular weight excluding hydrogens is 312 g/mol. The molecule has 5 nitrogen and oxygen atoms in total. The van der Waals surface area contributed by atoms with Crippen LogP contribution in [0.4, 0.5) is 11.4 Å². The van der Waals surface area contributed by atoms with Gasteiger partial charge in [-0.25, -0.2) is 0 Å². The predicted molar refractivity (Wildman–Crippen MR) is 106 cm³/mol. The van der Waals surface area contributed by atoms with Crippen LogP contribution in [0, 0.1) is 0 Å². The van der Waals surface area contributed by atoms with E-state index < -0.39 is 0 Å². The Morgan fingerprint density at radius 3 is 2.44 bits per heavy atom. The topological polar surface area (TPSA) is 52.8 Å². The molecule has 5 heteroatoms. The molecule has 25 heavy (non-hydrogen) atoms. The summed E-state index contributed by atoms with van der Waals surface area (Å²) in [5.41, 5.74) is 9.26. The highest BCUT2D eigenvalue weighted by Crippen LogP contribution is 2.25. The van der Waals surface area contributed by atoms with E-state index in [1.807, 2.05) is 18.0 Å². The number of rotatable bonds is 7. The summed E-state index contributed by atoms with van der Waals surface area (Å²) < 4.78 is 0. The Morgan fingerprint density at radius 2 is 1.88 bits per heavy atom. The Bertz CT molecular complexity index is 563. The number of carbonyl (C=O) groups excluding carboxylic acids is 1. The number of hydrogen-bond acceptors (Lipinski definition) is 4. The lowest BCUT2D eigenvalue weighted by atomic mass is 10.0. The fourth-order valence-corrected chi connectivity index (χ4v) is 3.63. The molecule has 1 aliphatic heterocycles. The number of hydrogen-bond donors (Lipinski definition) is 1. The van der Waals surface area contributed by atoms with E-state index in [0.717, 1.165) is 62.4 Å². The molecule has 0 radical (unpaired) electrons. The third-order valence-electron chi connectivity index (χ3n) is 5.45. The van der Waals surface area contributed by atoms with Crippen LogP contribution in [0.3, 0.4) is 0 Å². The molecule has 1 aromatic rings. The van der Waals surface area contributed by atoms with Gasteiger partial charge in [0, 0.05) is 32.6 Å². The average Bonchev–Trinajstić information content (AvgIpc) is 2.62. The van der Waals surface area contributed by atoms with Crippen molar-refractivity contribution in [1.82, 2.24) is 9.80 Å². The van der Waals surface area contributed by atoms with Gasteiger partial charge in [0.05, 0.1) is 11.4 Å². The number of piperidine rings is 1. The van der Waals surface area contributed by atoms with Crippen molar-refractivity contribution in [2.75, 3.05) is 50.9 Å². The molecule has 0 bridgehead atoms. The van der Waals surface area contributed by atoms with Crippen molar-refractivity contribution >= 4 is 17.3 Å². The van der Waals surface area contributed by atoms with Crippen LogP contribution in [0.15, 0.2) is 18.2 Å². The largest absolute Gasteiger partial charge is 0.397 e. The van der Waals surface area contributed by atoms with E-state index in [0.29, 0.717) is 12.5 Å². The van der Waals surface area contributed by atoms with Gasteiger partial charge in [-0.1, -0.05) is 6.07 Å². The van der Waals surface area contributed by atoms with Crippen LogP contribution in [0.5, 0.6) is 0 Å². The Morgan fingerprint density at radius 1 is 1.24 bits per heavy atom. The number of nitrogen functional groups attached to an aromatic ring is 1. The Labute approximate surface area is 152 Å². The number of benzene rings is 1. The monoisotopic (exact) mass is 346 g/mol. The van der Waals surface area contributed by atoms with Crippen LogP contribution in [-0.4, -0.2) is 62.0 Å². The molecule has 1 saturated heterocycles. The fraction of sp³-hybridized carbons (Fsp3) is 0.650. The van der Waals surface area contributed by atoms with Crippen molar-refractivity contribution in [3.05, 3.63) is 23.8 Å². The fourth-order valence-electron chi connectivity index (χ4n) is 3.63. The molecule has 140 valence electrons. The summed E-state index contributed by atoms with van der Waals surface area (Å²) in [5.74, 6) is 0.237. The molecule has 2 rings (SSSR count). The van der Waals surface area contributed by atoms with Gasteiger partial charge in [-0.05, 0) is 70.9 Å². The van der Waals surface area contributed by atoms with Gasteiger partial charge in [-0.2, -0.15) is 0 Å². The number of anilines is 2. The Balaban J connectivity index is 1.90. The van der Waals surface area contributed by atoms with Gasteiger partial charge in [0.15, 0.2) is 0 Å². The zero-order chi connectivity index (χ0) is 18.4. The molecule has 1 aromatic carbocycles. The van der Waals surface area contributed by atoms with Crippen molar-refractivity contribution in [2.24, 2.45) is 0 Å². The molecule has 0 atom stereocenters. The molecule has 0 aromatic heterocycles. The summed E-state index contributed by atoms with van der Waals surface area (Å²) in [5, 5.41) is 0. The average molecular weight is 347 g/mol. The molecule has 0 spiro atoms. The van der Waals surface area contributed by atoms with Gasteiger partial charge in [0.2, 0.25) is 5.91 Å². The highest BCUT2D eigenvalue weighted by Gasteiger charge is 2.23. The summed E-state index contributed by atoms with van der Waals surface area (Å²) in [6.07, 6.45) is 3.44. The smallest absolute Gasteiger partial charge is 0.222 e. The Hall–Kier alpha value is -1.75. The standard InChI is InChI=1S/C20H34N4O/c1-5-24(6-2)19-9-7-16(15-18(19)21)8-10-20(25)23(4)17-11-13-22(3)14-12-17/h7,9,15,17H,5-6,8,10-14,21H2,1-4H3. The number of amides is 1. The lowest BCUT2D eigenvalue weighted by Gasteiger charge is -2.35. The van der Waals surface area contributed by atoms with E-state index in [1.54, 1.807) is 0 Å². The van der Waals surface area contributed by atoms with E-state index in [-0.39, 0.29) is 5.91 Å². The van der Waals surface area contributed by atoms with Gasteiger partial charge in [0.25, 0.3) is 0 Å². The van der Waals surface area contributed by atoms with E-state index in [2.05, 4.69) is 42.8 Å². The van der Waals surface area contributed by atoms with Gasteiger partial charge < -0.3 is 20.4 Å². The predicted octanol–water partition coefficient (Wildman–Crippen LogP) is 2.60. The normalized spacial score (nSPS) is 16.0. The molecule has 1 fully saturated rings. The number of nitrogens with two attached hydrogens (primary N) is 1. The Kier molecular flexibility index (Phi) is 7.12. The first kappa shape index (κ1) is 19.6. The molecule has 0 unspecified atom stereocenters. The van der Waals surface area contributed by atoms with Crippen molar-refractivity contribution < 1.29 is 4.79 Å². The van der Waals surface area contributed by atoms with E-state index in [1.165, 1.54) is 0 Å². The second-order valence-electron chi connectivity index (χ2n) is 7.10. The zero-order valence-corrected chi connectivity index (χ0v) is 16.3. The summed E-state index contributed by atoms with van der Waals surface area (Å²) in [4.78, 5) is 19.1. The van der Waals surface area contributed by atoms with Crippen LogP contribution >= 0.6 is 0 Å². The van der Waals surface area contributed by atoms with Crippen LogP contribution < -0.4 is 10.6 Å². The third kappa shape index (κ3) is 5.11. The number of aryl methyl sites for hydroxylation is 1. The van der Waals surface area contributed by atoms with Crippen molar-refractivity contribution in [3.63, 3.8) is 0 Å². The lowest BCUT2D eigenvalue weighted by Crippen LogP contribution is -2.44. The number of nitrogens with zero attached hydrogens (tertiary/aromatic N) is 3. The van der Waals surface area contributed by atoms with E-state index >= 15 is 0 Å². The minimum absolute atomic E-state index is 0.237. The van der Waals surface area contributed by atoms with E-state index in [4.69, 9.17) is 5.73 Å². The summed E-state index contributed by atoms with van der Waals surface area (Å²) >= 11 is 0. The quantitative estimate of drug-likeness (QED) is 0.771. The van der Waals surface area contributed by atoms with E-state index in [9.17, 15) is 4.79 Å². The minimum Gasteiger partial charge on any atom is -0.397 e. The number of likely N-dealkylation sites (tertiary alicyclic amines) is 1. The van der Waals surface area contributed by atoms with Crippen molar-refractivity contribution in [3.8, 4) is 0 Å². The van der Waals surface area contributed by atoms with Gasteiger partial charge in [-0.15, -0.1) is 0 Å². The van der Waals surface area contributed by atoms with Crippen LogP contribution in [-0.2, 0) is 11.2 Å². The molecule has 1 amide bonds. The maximum Gasteiger partial charge on any atom is 0.222 e. The second kappa shape index (κ2) is 9.09. The van der Waals surface area contributed by atoms with Crippen molar-refractivity contribution in [2.45, 2.75) is 45.6 Å². The summed E-state index contributed by atoms with van der Waals surface area (Å²) in [6, 6.07) is 6.60. The highest BCUT2D eigenvalue weighted by molar-refractivity contribution is 5.77. The maximum atomic E-state index is 12.5. The van der Waals surface area contributed by atoms with Crippen LogP contribution in [0.2, 0.25) is 0 Å². The second-order valence-corrected chi connectivity index (χ2v) is 7.10. The van der Waals surface area contributed by atoms with Crippen LogP contribution in [0.25, 0.3) is 0 Å². The van der Waals surface area contributed by atoms with Crippen molar-refractivity contribution in [1.29, 1.82) is 0 Å². The zero-order valence-electron chi connectivity index (χ0n) is 16.3. The first-order chi connectivity index (χ1) is 12.0. The first-order valence-corrected chi connectivity index (χ1v) is 9.53. The molecule has 0 aliphatic carbocycles. The highest BCUT2D eigenvalue weighted by atomic mass is 16.2. The van der Waals surface area contributed by atoms with Gasteiger partial charge in [-0.3, -0.25) is 4.79 Å². The number of carbonyl (C=O) groups is 1.